The van der Waals surface area contributed by atoms with Gasteiger partial charge in [-0.15, -0.1) is 0 Å². The zero-order valence-electron chi connectivity index (χ0n) is 9.04. The van der Waals surface area contributed by atoms with Crippen LogP contribution < -0.4 is 4.90 Å². The van der Waals surface area contributed by atoms with Gasteiger partial charge in [-0.05, 0) is 25.0 Å². The molecular weight excluding hydrogens is 329 g/mol. The SMILES string of the molecule is FC(F)(F)c1cc2c(cc1Br)N(C1CC1)C=NS2. The number of nitrogens with zero attached hydrogens (tertiary/aromatic N) is 2. The Bertz CT molecular complexity index is 526. The highest BCUT2D eigenvalue weighted by atomic mass is 79.9. The molecule has 2 aliphatic rings. The maximum atomic E-state index is 12.8. The summed E-state index contributed by atoms with van der Waals surface area (Å²) >= 11 is 4.09. The van der Waals surface area contributed by atoms with Crippen LogP contribution in [0.2, 0.25) is 0 Å². The van der Waals surface area contributed by atoms with E-state index < -0.39 is 11.7 Å². The number of benzene rings is 1. The number of halogens is 4. The average Bonchev–Trinajstić information content (AvgIpc) is 3.09. The van der Waals surface area contributed by atoms with Crippen LogP contribution in [0.15, 0.2) is 25.9 Å². The van der Waals surface area contributed by atoms with Crippen LogP contribution >= 0.6 is 27.9 Å². The molecule has 0 saturated heterocycles. The number of alkyl halides is 3. The lowest BCUT2D eigenvalue weighted by atomic mass is 10.2. The van der Waals surface area contributed by atoms with E-state index in [0.717, 1.165) is 36.5 Å². The van der Waals surface area contributed by atoms with Crippen molar-refractivity contribution in [2.24, 2.45) is 4.40 Å². The third-order valence-corrected chi connectivity index (χ3v) is 4.27. The normalized spacial score (nSPS) is 19.0. The van der Waals surface area contributed by atoms with Crippen LogP contribution in [0.3, 0.4) is 0 Å². The summed E-state index contributed by atoms with van der Waals surface area (Å²) in [6.07, 6.45) is -0.520. The van der Waals surface area contributed by atoms with E-state index in [1.807, 2.05) is 4.90 Å². The Labute approximate surface area is 115 Å². The van der Waals surface area contributed by atoms with E-state index >= 15 is 0 Å². The third kappa shape index (κ3) is 2.14. The van der Waals surface area contributed by atoms with Crippen LogP contribution in [0, 0.1) is 0 Å². The molecule has 0 unspecified atom stereocenters. The molecule has 1 aliphatic heterocycles. The average molecular weight is 337 g/mol. The van der Waals surface area contributed by atoms with Crippen LogP contribution in [0.1, 0.15) is 18.4 Å². The van der Waals surface area contributed by atoms with Crippen LogP contribution in [-0.2, 0) is 6.18 Å². The van der Waals surface area contributed by atoms with E-state index in [2.05, 4.69) is 20.3 Å². The first-order chi connectivity index (χ1) is 8.47. The Kier molecular flexibility index (Phi) is 2.85. The highest BCUT2D eigenvalue weighted by molar-refractivity contribution is 9.10. The van der Waals surface area contributed by atoms with E-state index in [4.69, 9.17) is 0 Å². The zero-order chi connectivity index (χ0) is 12.9. The van der Waals surface area contributed by atoms with Crippen LogP contribution in [0.5, 0.6) is 0 Å². The van der Waals surface area contributed by atoms with Gasteiger partial charge in [0.25, 0.3) is 0 Å². The fraction of sp³-hybridized carbons (Fsp3) is 0.364. The summed E-state index contributed by atoms with van der Waals surface area (Å²) < 4.78 is 42.5. The van der Waals surface area contributed by atoms with E-state index in [0.29, 0.717) is 10.9 Å². The Hall–Kier alpha value is -0.690. The molecule has 1 saturated carbocycles. The van der Waals surface area contributed by atoms with Crippen molar-refractivity contribution in [3.05, 3.63) is 22.2 Å². The highest BCUT2D eigenvalue weighted by Gasteiger charge is 2.36. The zero-order valence-corrected chi connectivity index (χ0v) is 11.4. The molecule has 3 rings (SSSR count). The minimum atomic E-state index is -4.35. The number of fused-ring (bicyclic) bond motifs is 1. The van der Waals surface area contributed by atoms with Gasteiger partial charge in [-0.25, -0.2) is 4.40 Å². The number of hydrogen-bond acceptors (Lipinski definition) is 3. The van der Waals surface area contributed by atoms with Gasteiger partial charge in [0.1, 0.15) is 6.34 Å². The second-order valence-electron chi connectivity index (χ2n) is 4.25. The molecule has 0 radical (unpaired) electrons. The predicted molar refractivity (Wildman–Crippen MR) is 69.0 cm³/mol. The number of anilines is 1. The molecule has 0 atom stereocenters. The molecule has 2 nitrogen and oxygen atoms in total. The summed E-state index contributed by atoms with van der Waals surface area (Å²) in [5.74, 6) is 0. The lowest BCUT2D eigenvalue weighted by Crippen LogP contribution is -2.26. The van der Waals surface area contributed by atoms with Gasteiger partial charge in [0.2, 0.25) is 0 Å². The minimum absolute atomic E-state index is 0.0790. The van der Waals surface area contributed by atoms with Crippen molar-refractivity contribution in [2.75, 3.05) is 4.90 Å². The molecule has 1 fully saturated rings. The maximum Gasteiger partial charge on any atom is 0.417 e. The van der Waals surface area contributed by atoms with Crippen LogP contribution in [-0.4, -0.2) is 12.4 Å². The van der Waals surface area contributed by atoms with Crippen molar-refractivity contribution in [3.63, 3.8) is 0 Å². The standard InChI is InChI=1S/C11H8BrF3N2S/c12-8-4-9-10(3-7(8)11(13,14)15)18-16-5-17(9)6-1-2-6/h3-6H,1-2H2. The van der Waals surface area contributed by atoms with Crippen LogP contribution in [0.25, 0.3) is 0 Å². The van der Waals surface area contributed by atoms with E-state index in [-0.39, 0.29) is 4.47 Å². The molecule has 96 valence electrons. The van der Waals surface area contributed by atoms with E-state index in [1.54, 1.807) is 6.34 Å². The van der Waals surface area contributed by atoms with Crippen molar-refractivity contribution in [1.29, 1.82) is 0 Å². The first-order valence-electron chi connectivity index (χ1n) is 5.36. The van der Waals surface area contributed by atoms with Gasteiger partial charge in [-0.3, -0.25) is 0 Å². The summed E-state index contributed by atoms with van der Waals surface area (Å²) in [6.45, 7) is 0. The summed E-state index contributed by atoms with van der Waals surface area (Å²) in [5.41, 5.74) is 0.152. The Balaban J connectivity index is 2.07. The molecule has 1 heterocycles. The van der Waals surface area contributed by atoms with Gasteiger partial charge >= 0.3 is 6.18 Å². The van der Waals surface area contributed by atoms with E-state index in [1.165, 1.54) is 6.07 Å². The Morgan fingerprint density at radius 3 is 2.67 bits per heavy atom. The second kappa shape index (κ2) is 4.16. The van der Waals surface area contributed by atoms with Gasteiger partial charge in [-0.2, -0.15) is 13.2 Å². The van der Waals surface area contributed by atoms with Gasteiger partial charge in [0, 0.05) is 22.5 Å². The summed E-state index contributed by atoms with van der Waals surface area (Å²) in [5, 5.41) is 0. The van der Waals surface area contributed by atoms with Crippen molar-refractivity contribution in [1.82, 2.24) is 0 Å². The van der Waals surface area contributed by atoms with Gasteiger partial charge in [-0.1, -0.05) is 15.9 Å². The molecule has 7 heteroatoms. The summed E-state index contributed by atoms with van der Waals surface area (Å²) in [4.78, 5) is 2.51. The summed E-state index contributed by atoms with van der Waals surface area (Å²) in [7, 11) is 0. The van der Waals surface area contributed by atoms with Gasteiger partial charge < -0.3 is 4.90 Å². The molecular formula is C11H8BrF3N2S. The van der Waals surface area contributed by atoms with Gasteiger partial charge in [0.15, 0.2) is 0 Å². The Morgan fingerprint density at radius 1 is 1.33 bits per heavy atom. The van der Waals surface area contributed by atoms with Crippen molar-refractivity contribution >= 4 is 39.9 Å². The molecule has 1 aromatic rings. The molecule has 0 spiro atoms. The topological polar surface area (TPSA) is 15.6 Å². The number of rotatable bonds is 1. The highest BCUT2D eigenvalue weighted by Crippen LogP contribution is 2.45. The fourth-order valence-corrected chi connectivity index (χ4v) is 3.12. The largest absolute Gasteiger partial charge is 0.417 e. The van der Waals surface area contributed by atoms with Crippen LogP contribution in [0.4, 0.5) is 18.9 Å². The Morgan fingerprint density at radius 2 is 2.06 bits per heavy atom. The van der Waals surface area contributed by atoms with Crippen molar-refractivity contribution < 1.29 is 13.2 Å². The fourth-order valence-electron chi connectivity index (χ4n) is 1.87. The third-order valence-electron chi connectivity index (χ3n) is 2.90. The quantitative estimate of drug-likeness (QED) is 0.702. The molecule has 1 aliphatic carbocycles. The first kappa shape index (κ1) is 12.3. The molecule has 0 aromatic heterocycles. The molecule has 0 N–H and O–H groups in total. The molecule has 0 amide bonds. The lowest BCUT2D eigenvalue weighted by Gasteiger charge is -2.26. The number of hydrogen-bond donors (Lipinski definition) is 0. The van der Waals surface area contributed by atoms with Crippen molar-refractivity contribution in [2.45, 2.75) is 30.0 Å². The second-order valence-corrected chi connectivity index (χ2v) is 5.94. The molecule has 0 bridgehead atoms. The maximum absolute atomic E-state index is 12.8. The minimum Gasteiger partial charge on any atom is -0.328 e. The smallest absolute Gasteiger partial charge is 0.328 e. The van der Waals surface area contributed by atoms with Crippen molar-refractivity contribution in [3.8, 4) is 0 Å². The van der Waals surface area contributed by atoms with Gasteiger partial charge in [0.05, 0.1) is 16.1 Å². The monoisotopic (exact) mass is 336 g/mol. The van der Waals surface area contributed by atoms with E-state index in [9.17, 15) is 13.2 Å². The molecule has 18 heavy (non-hydrogen) atoms. The first-order valence-corrected chi connectivity index (χ1v) is 6.93. The summed E-state index contributed by atoms with van der Waals surface area (Å²) in [6, 6.07) is 3.09. The predicted octanol–water partition coefficient (Wildman–Crippen LogP) is 4.49. The molecule has 1 aromatic carbocycles. The lowest BCUT2D eigenvalue weighted by molar-refractivity contribution is -0.138.